The topological polar surface area (TPSA) is 82.9 Å². The molecule has 0 bridgehead atoms. The van der Waals surface area contributed by atoms with E-state index in [0.717, 1.165) is 10.9 Å². The molecule has 1 aromatic heterocycles. The van der Waals surface area contributed by atoms with Crippen LogP contribution in [0, 0.1) is 11.3 Å². The van der Waals surface area contributed by atoms with Crippen molar-refractivity contribution in [1.29, 1.82) is 5.26 Å². The number of ketones is 1. The second kappa shape index (κ2) is 5.36. The highest BCUT2D eigenvalue weighted by Crippen LogP contribution is 2.22. The summed E-state index contributed by atoms with van der Waals surface area (Å²) in [5, 5.41) is 9.98. The predicted octanol–water partition coefficient (Wildman–Crippen LogP) is 1.91. The molecule has 1 atom stereocenters. The van der Waals surface area contributed by atoms with E-state index in [2.05, 4.69) is 9.72 Å². The molecule has 0 amide bonds. The molecule has 0 radical (unpaired) electrons. The number of aromatic amines is 1. The maximum atomic E-state index is 11.8. The number of para-hydroxylation sites is 1. The molecule has 0 spiro atoms. The van der Waals surface area contributed by atoms with Crippen molar-refractivity contribution in [2.45, 2.75) is 12.8 Å². The molecule has 0 fully saturated rings. The molecule has 1 N–H and O–H groups in total. The highest BCUT2D eigenvalue weighted by molar-refractivity contribution is 6.36. The first-order chi connectivity index (χ1) is 9.17. The average molecular weight is 256 g/mol. The third-order valence-electron chi connectivity index (χ3n) is 2.73. The van der Waals surface area contributed by atoms with E-state index in [-0.39, 0.29) is 6.61 Å². The molecule has 5 heteroatoms. The van der Waals surface area contributed by atoms with Gasteiger partial charge in [0.05, 0.1) is 12.7 Å². The summed E-state index contributed by atoms with van der Waals surface area (Å²) in [6.07, 6.45) is 0. The van der Waals surface area contributed by atoms with Crippen molar-refractivity contribution in [3.8, 4) is 6.07 Å². The number of H-pyrrole nitrogens is 1. The lowest BCUT2D eigenvalue weighted by Gasteiger charge is -2.05. The number of hydrogen-bond donors (Lipinski definition) is 1. The monoisotopic (exact) mass is 256 g/mol. The molecule has 0 aliphatic heterocycles. The van der Waals surface area contributed by atoms with Crippen LogP contribution in [0.4, 0.5) is 0 Å². The Balaban J connectivity index is 2.34. The molecule has 19 heavy (non-hydrogen) atoms. The van der Waals surface area contributed by atoms with Crippen LogP contribution in [0.1, 0.15) is 18.5 Å². The third kappa shape index (κ3) is 2.47. The molecule has 0 saturated heterocycles. The summed E-state index contributed by atoms with van der Waals surface area (Å²) in [6.45, 7) is 1.71. The van der Waals surface area contributed by atoms with Crippen molar-refractivity contribution in [1.82, 2.24) is 4.98 Å². The second-order valence-electron chi connectivity index (χ2n) is 3.96. The average Bonchev–Trinajstić information content (AvgIpc) is 2.83. The van der Waals surface area contributed by atoms with Crippen LogP contribution in [0.25, 0.3) is 10.9 Å². The molecule has 1 aromatic carbocycles. The van der Waals surface area contributed by atoms with Gasteiger partial charge < -0.3 is 9.72 Å². The van der Waals surface area contributed by atoms with E-state index in [1.165, 1.54) is 0 Å². The van der Waals surface area contributed by atoms with Crippen LogP contribution in [-0.2, 0) is 14.3 Å². The van der Waals surface area contributed by atoms with Gasteiger partial charge in [-0.15, -0.1) is 0 Å². The number of benzene rings is 1. The molecule has 0 saturated carbocycles. The summed E-state index contributed by atoms with van der Waals surface area (Å²) in [7, 11) is 0. The number of Topliss-reactive ketones (excluding diaryl/α,β-unsaturated/α-hetero) is 1. The molecule has 2 aromatic rings. The number of ether oxygens (including phenoxy) is 1. The smallest absolute Gasteiger partial charge is 0.376 e. The zero-order chi connectivity index (χ0) is 13.8. The van der Waals surface area contributed by atoms with Gasteiger partial charge in [-0.25, -0.2) is 4.79 Å². The molecule has 96 valence electrons. The summed E-state index contributed by atoms with van der Waals surface area (Å²) in [4.78, 5) is 26.2. The number of esters is 1. The first kappa shape index (κ1) is 12.8. The Morgan fingerprint density at radius 3 is 2.79 bits per heavy atom. The van der Waals surface area contributed by atoms with Gasteiger partial charge in [-0.2, -0.15) is 5.26 Å². The van der Waals surface area contributed by atoms with Crippen LogP contribution in [-0.4, -0.2) is 23.3 Å². The molecular weight excluding hydrogens is 244 g/mol. The van der Waals surface area contributed by atoms with Gasteiger partial charge in [-0.1, -0.05) is 18.2 Å². The zero-order valence-corrected chi connectivity index (χ0v) is 10.3. The van der Waals surface area contributed by atoms with Crippen LogP contribution in [0.15, 0.2) is 30.3 Å². The van der Waals surface area contributed by atoms with Gasteiger partial charge in [0.1, 0.15) is 0 Å². The maximum absolute atomic E-state index is 11.8. The molecule has 2 rings (SSSR count). The number of aromatic nitrogens is 1. The lowest BCUT2D eigenvalue weighted by Crippen LogP contribution is -2.23. The first-order valence-corrected chi connectivity index (χ1v) is 5.85. The minimum absolute atomic E-state index is 0.107. The summed E-state index contributed by atoms with van der Waals surface area (Å²) < 4.78 is 4.63. The molecular formula is C14H12N2O3. The first-order valence-electron chi connectivity index (χ1n) is 5.85. The summed E-state index contributed by atoms with van der Waals surface area (Å²) in [6, 6.07) is 10.9. The number of nitrogens with zero attached hydrogens (tertiary/aromatic N) is 1. The van der Waals surface area contributed by atoms with Crippen LogP contribution in [0.3, 0.4) is 0 Å². The Hall–Kier alpha value is -2.61. The number of carbonyl (C=O) groups excluding carboxylic acids is 2. The third-order valence-corrected chi connectivity index (χ3v) is 2.73. The van der Waals surface area contributed by atoms with Crippen molar-refractivity contribution < 1.29 is 14.3 Å². The Morgan fingerprint density at radius 2 is 2.16 bits per heavy atom. The van der Waals surface area contributed by atoms with Gasteiger partial charge in [0.15, 0.2) is 5.92 Å². The Morgan fingerprint density at radius 1 is 1.42 bits per heavy atom. The Kier molecular flexibility index (Phi) is 3.62. The van der Waals surface area contributed by atoms with Gasteiger partial charge in [-0.3, -0.25) is 4.79 Å². The molecule has 0 aliphatic carbocycles. The summed E-state index contributed by atoms with van der Waals surface area (Å²) >= 11 is 0. The van der Waals surface area contributed by atoms with Gasteiger partial charge in [0.25, 0.3) is 5.78 Å². The van der Waals surface area contributed by atoms with Crippen LogP contribution >= 0.6 is 0 Å². The van der Waals surface area contributed by atoms with Gasteiger partial charge >= 0.3 is 5.97 Å². The lowest BCUT2D eigenvalue weighted by atomic mass is 10.0. The zero-order valence-electron chi connectivity index (χ0n) is 10.3. The van der Waals surface area contributed by atoms with E-state index in [1.54, 1.807) is 13.0 Å². The Bertz CT molecular complexity index is 634. The largest absolute Gasteiger partial charge is 0.460 e. The number of nitrogens with one attached hydrogen (secondary N) is 1. The van der Waals surface area contributed by atoms with E-state index in [9.17, 15) is 9.59 Å². The molecule has 1 heterocycles. The van der Waals surface area contributed by atoms with Crippen molar-refractivity contribution >= 4 is 22.7 Å². The summed E-state index contributed by atoms with van der Waals surface area (Å²) in [5.74, 6) is -2.99. The standard InChI is InChI=1S/C14H12N2O3/c1-2-19-14(18)13(17)10(8-15)12-7-9-5-3-4-6-11(9)16-12/h3-7,10,16H,2H2,1H3. The predicted molar refractivity (Wildman–Crippen MR) is 68.3 cm³/mol. The second-order valence-corrected chi connectivity index (χ2v) is 3.96. The number of rotatable bonds is 4. The molecule has 5 nitrogen and oxygen atoms in total. The minimum Gasteiger partial charge on any atom is -0.460 e. The van der Waals surface area contributed by atoms with Gasteiger partial charge in [-0.05, 0) is 24.4 Å². The van der Waals surface area contributed by atoms with E-state index in [0.29, 0.717) is 5.69 Å². The van der Waals surface area contributed by atoms with Gasteiger partial charge in [0, 0.05) is 11.2 Å². The normalized spacial score (nSPS) is 11.8. The van der Waals surface area contributed by atoms with E-state index in [4.69, 9.17) is 5.26 Å². The fraction of sp³-hybridized carbons (Fsp3) is 0.214. The van der Waals surface area contributed by atoms with Crippen molar-refractivity contribution in [3.05, 3.63) is 36.0 Å². The van der Waals surface area contributed by atoms with Crippen LogP contribution in [0.5, 0.6) is 0 Å². The number of carbonyl (C=O) groups is 2. The molecule has 0 aliphatic rings. The highest BCUT2D eigenvalue weighted by atomic mass is 16.5. The van der Waals surface area contributed by atoms with Crippen molar-refractivity contribution in [3.63, 3.8) is 0 Å². The van der Waals surface area contributed by atoms with E-state index in [1.807, 2.05) is 30.3 Å². The van der Waals surface area contributed by atoms with Crippen LogP contribution < -0.4 is 0 Å². The lowest BCUT2D eigenvalue weighted by molar-refractivity contribution is -0.153. The SMILES string of the molecule is CCOC(=O)C(=O)C(C#N)c1cc2ccccc2[nH]1. The molecule has 1 unspecified atom stereocenters. The van der Waals surface area contributed by atoms with Crippen molar-refractivity contribution in [2.75, 3.05) is 6.61 Å². The van der Waals surface area contributed by atoms with Crippen molar-refractivity contribution in [2.24, 2.45) is 0 Å². The number of nitriles is 1. The van der Waals surface area contributed by atoms with Crippen LogP contribution in [0.2, 0.25) is 0 Å². The van der Waals surface area contributed by atoms with E-state index >= 15 is 0 Å². The van der Waals surface area contributed by atoms with E-state index < -0.39 is 17.7 Å². The Labute approximate surface area is 109 Å². The highest BCUT2D eigenvalue weighted by Gasteiger charge is 2.29. The number of hydrogen-bond acceptors (Lipinski definition) is 4. The maximum Gasteiger partial charge on any atom is 0.376 e. The quantitative estimate of drug-likeness (QED) is 0.669. The summed E-state index contributed by atoms with van der Waals surface area (Å²) in [5.41, 5.74) is 1.22. The number of fused-ring (bicyclic) bond motifs is 1. The minimum atomic E-state index is -1.16. The fourth-order valence-corrected chi connectivity index (χ4v) is 1.84. The van der Waals surface area contributed by atoms with Gasteiger partial charge in [0.2, 0.25) is 0 Å². The fourth-order valence-electron chi connectivity index (χ4n) is 1.84.